The lowest BCUT2D eigenvalue weighted by atomic mass is 9.77. The molecular weight excluding hydrogens is 191 g/mol. The number of benzene rings is 1. The molecule has 1 aromatic carbocycles. The van der Waals surface area contributed by atoms with Crippen LogP contribution < -0.4 is 5.46 Å². The number of hydrogen-bond donors (Lipinski definition) is 0. The smallest absolute Gasteiger partial charge is 0.0889 e. The van der Waals surface area contributed by atoms with Gasteiger partial charge in [-0.2, -0.15) is 0 Å². The van der Waals surface area contributed by atoms with Crippen LogP contribution in [0.5, 0.6) is 0 Å². The van der Waals surface area contributed by atoms with Crippen molar-refractivity contribution in [2.75, 3.05) is 0 Å². The highest BCUT2D eigenvalue weighted by molar-refractivity contribution is 6.32. The first kappa shape index (κ1) is 11.8. The summed E-state index contributed by atoms with van der Waals surface area (Å²) in [4.78, 5) is 0. The maximum absolute atomic E-state index is 2.33. The highest BCUT2D eigenvalue weighted by atomic mass is 14.3. The van der Waals surface area contributed by atoms with Crippen molar-refractivity contribution in [1.29, 1.82) is 0 Å². The van der Waals surface area contributed by atoms with E-state index in [4.69, 9.17) is 0 Å². The monoisotopic (exact) mass is 214 g/mol. The quantitative estimate of drug-likeness (QED) is 0.678. The van der Waals surface area contributed by atoms with Crippen molar-refractivity contribution >= 4 is 13.3 Å². The second-order valence-corrected chi connectivity index (χ2v) is 5.42. The summed E-state index contributed by atoms with van der Waals surface area (Å²) in [5, 5.41) is 0. The van der Waals surface area contributed by atoms with Gasteiger partial charge in [0.1, 0.15) is 7.85 Å². The van der Waals surface area contributed by atoms with Gasteiger partial charge >= 0.3 is 0 Å². The molecule has 0 radical (unpaired) electrons. The van der Waals surface area contributed by atoms with Crippen molar-refractivity contribution in [3.05, 3.63) is 29.8 Å². The van der Waals surface area contributed by atoms with Crippen molar-refractivity contribution in [3.63, 3.8) is 0 Å². The van der Waals surface area contributed by atoms with Gasteiger partial charge < -0.3 is 0 Å². The average molecular weight is 214 g/mol. The van der Waals surface area contributed by atoms with E-state index in [1.807, 2.05) is 0 Å². The molecule has 16 heavy (non-hydrogen) atoms. The molecule has 0 heterocycles. The molecule has 1 aliphatic carbocycles. The Morgan fingerprint density at radius 2 is 1.69 bits per heavy atom. The summed E-state index contributed by atoms with van der Waals surface area (Å²) >= 11 is 0. The number of rotatable bonds is 3. The highest BCUT2D eigenvalue weighted by Gasteiger charge is 2.21. The standard InChI is InChI=1S/C15H23B/c1-2-3-12-4-6-13(7-5-12)14-8-10-15(16)11-9-14/h8-13H,2-7,16H2,1H3. The van der Waals surface area contributed by atoms with E-state index < -0.39 is 0 Å². The molecule has 0 saturated heterocycles. The van der Waals surface area contributed by atoms with E-state index in [0.29, 0.717) is 0 Å². The fraction of sp³-hybridized carbons (Fsp3) is 0.600. The molecule has 0 N–H and O–H groups in total. The Hall–Kier alpha value is -0.715. The van der Waals surface area contributed by atoms with Gasteiger partial charge in [-0.1, -0.05) is 49.5 Å². The minimum atomic E-state index is 0.841. The molecule has 0 bridgehead atoms. The van der Waals surface area contributed by atoms with Crippen molar-refractivity contribution in [2.45, 2.75) is 51.4 Å². The SMILES string of the molecule is Bc1ccc(C2CCC(CCC)CC2)cc1. The fourth-order valence-corrected chi connectivity index (χ4v) is 3.03. The van der Waals surface area contributed by atoms with E-state index in [9.17, 15) is 0 Å². The summed E-state index contributed by atoms with van der Waals surface area (Å²) in [7, 11) is 2.17. The Morgan fingerprint density at radius 3 is 2.25 bits per heavy atom. The first-order chi connectivity index (χ1) is 7.79. The van der Waals surface area contributed by atoms with Crippen LogP contribution in [0.15, 0.2) is 24.3 Å². The van der Waals surface area contributed by atoms with Crippen LogP contribution in [0.25, 0.3) is 0 Å². The van der Waals surface area contributed by atoms with Crippen LogP contribution in [0.4, 0.5) is 0 Å². The van der Waals surface area contributed by atoms with E-state index in [1.165, 1.54) is 44.0 Å². The molecule has 0 aromatic heterocycles. The second-order valence-electron chi connectivity index (χ2n) is 5.42. The molecule has 0 amide bonds. The zero-order valence-electron chi connectivity index (χ0n) is 10.7. The van der Waals surface area contributed by atoms with Crippen LogP contribution in [-0.4, -0.2) is 7.85 Å². The molecule has 1 fully saturated rings. The Labute approximate surface area is 101 Å². The van der Waals surface area contributed by atoms with E-state index in [0.717, 1.165) is 11.8 Å². The van der Waals surface area contributed by atoms with Crippen LogP contribution in [0.2, 0.25) is 0 Å². The minimum absolute atomic E-state index is 0.841. The third-order valence-corrected chi connectivity index (χ3v) is 4.09. The fourth-order valence-electron chi connectivity index (χ4n) is 3.03. The van der Waals surface area contributed by atoms with Crippen LogP contribution in [0.3, 0.4) is 0 Å². The maximum atomic E-state index is 2.33. The summed E-state index contributed by atoms with van der Waals surface area (Å²) in [5.41, 5.74) is 2.95. The molecular formula is C15H23B. The van der Waals surface area contributed by atoms with Gasteiger partial charge in [0, 0.05) is 0 Å². The highest BCUT2D eigenvalue weighted by Crippen LogP contribution is 2.37. The summed E-state index contributed by atoms with van der Waals surface area (Å²) < 4.78 is 0. The molecule has 1 heteroatoms. The van der Waals surface area contributed by atoms with Crippen molar-refractivity contribution in [1.82, 2.24) is 0 Å². The summed E-state index contributed by atoms with van der Waals surface area (Å²) in [6.07, 6.45) is 8.53. The molecule has 0 aliphatic heterocycles. The lowest BCUT2D eigenvalue weighted by Crippen LogP contribution is -2.13. The molecule has 0 spiro atoms. The molecule has 1 aliphatic rings. The normalized spacial score (nSPS) is 25.6. The minimum Gasteiger partial charge on any atom is -0.0889 e. The lowest BCUT2D eigenvalue weighted by molar-refractivity contribution is 0.308. The zero-order chi connectivity index (χ0) is 11.4. The summed E-state index contributed by atoms with van der Waals surface area (Å²) in [5.74, 6) is 1.86. The van der Waals surface area contributed by atoms with E-state index in [1.54, 1.807) is 5.56 Å². The molecule has 0 unspecified atom stereocenters. The van der Waals surface area contributed by atoms with Gasteiger partial charge in [-0.05, 0) is 43.1 Å². The molecule has 0 atom stereocenters. The van der Waals surface area contributed by atoms with E-state index in [2.05, 4.69) is 39.0 Å². The molecule has 86 valence electrons. The van der Waals surface area contributed by atoms with Gasteiger partial charge in [0.15, 0.2) is 0 Å². The third kappa shape index (κ3) is 2.90. The van der Waals surface area contributed by atoms with Crippen molar-refractivity contribution in [2.24, 2.45) is 5.92 Å². The first-order valence-electron chi connectivity index (χ1n) is 6.86. The van der Waals surface area contributed by atoms with Crippen LogP contribution in [0.1, 0.15) is 56.9 Å². The maximum Gasteiger partial charge on any atom is 0.139 e. The van der Waals surface area contributed by atoms with Crippen molar-refractivity contribution in [3.8, 4) is 0 Å². The average Bonchev–Trinajstić information content (AvgIpc) is 2.32. The Balaban J connectivity index is 1.91. The Morgan fingerprint density at radius 1 is 1.06 bits per heavy atom. The predicted octanol–water partition coefficient (Wildman–Crippen LogP) is 3.02. The van der Waals surface area contributed by atoms with Gasteiger partial charge in [-0.15, -0.1) is 0 Å². The topological polar surface area (TPSA) is 0 Å². The van der Waals surface area contributed by atoms with Gasteiger partial charge in [0.05, 0.1) is 0 Å². The van der Waals surface area contributed by atoms with Crippen LogP contribution in [-0.2, 0) is 0 Å². The zero-order valence-corrected chi connectivity index (χ0v) is 10.7. The van der Waals surface area contributed by atoms with E-state index in [-0.39, 0.29) is 0 Å². The predicted molar refractivity (Wildman–Crippen MR) is 74.2 cm³/mol. The van der Waals surface area contributed by atoms with Gasteiger partial charge in [-0.25, -0.2) is 0 Å². The van der Waals surface area contributed by atoms with Crippen LogP contribution in [0, 0.1) is 5.92 Å². The second kappa shape index (κ2) is 5.56. The van der Waals surface area contributed by atoms with Gasteiger partial charge in [0.25, 0.3) is 0 Å². The van der Waals surface area contributed by atoms with Crippen LogP contribution >= 0.6 is 0 Å². The molecule has 2 rings (SSSR count). The molecule has 1 saturated carbocycles. The van der Waals surface area contributed by atoms with Crippen molar-refractivity contribution < 1.29 is 0 Å². The van der Waals surface area contributed by atoms with Gasteiger partial charge in [-0.3, -0.25) is 0 Å². The Kier molecular flexibility index (Phi) is 4.09. The number of hydrogen-bond acceptors (Lipinski definition) is 0. The molecule has 1 aromatic rings. The summed E-state index contributed by atoms with van der Waals surface area (Å²) in [6.45, 7) is 2.31. The summed E-state index contributed by atoms with van der Waals surface area (Å²) in [6, 6.07) is 9.18. The van der Waals surface area contributed by atoms with Gasteiger partial charge in [0.2, 0.25) is 0 Å². The third-order valence-electron chi connectivity index (χ3n) is 4.09. The Bertz CT molecular complexity index is 307. The molecule has 0 nitrogen and oxygen atoms in total. The largest absolute Gasteiger partial charge is 0.139 e. The van der Waals surface area contributed by atoms with E-state index >= 15 is 0 Å². The first-order valence-corrected chi connectivity index (χ1v) is 6.86. The lowest BCUT2D eigenvalue weighted by Gasteiger charge is -2.28.